The van der Waals surface area contributed by atoms with Crippen molar-refractivity contribution in [3.63, 3.8) is 0 Å². The Morgan fingerprint density at radius 2 is 2.07 bits per heavy atom. The molecule has 2 N–H and O–H groups in total. The van der Waals surface area contributed by atoms with Gasteiger partial charge in [-0.2, -0.15) is 0 Å². The van der Waals surface area contributed by atoms with E-state index in [0.717, 1.165) is 25.1 Å². The Balaban J connectivity index is 2.57. The van der Waals surface area contributed by atoms with Gasteiger partial charge in [0.15, 0.2) is 0 Å². The van der Waals surface area contributed by atoms with Gasteiger partial charge in [-0.15, -0.1) is 0 Å². The highest BCUT2D eigenvalue weighted by Gasteiger charge is 1.99. The number of methoxy groups -OCH3 is 1. The SMILES string of the molecule is COc1ccc(CCCCN)cc1C. The van der Waals surface area contributed by atoms with Gasteiger partial charge in [0.2, 0.25) is 0 Å². The lowest BCUT2D eigenvalue weighted by Gasteiger charge is -2.06. The Kier molecular flexibility index (Phi) is 4.47. The molecule has 14 heavy (non-hydrogen) atoms. The smallest absolute Gasteiger partial charge is 0.121 e. The van der Waals surface area contributed by atoms with Crippen molar-refractivity contribution in [2.75, 3.05) is 13.7 Å². The molecule has 0 amide bonds. The summed E-state index contributed by atoms with van der Waals surface area (Å²) in [5.74, 6) is 0.965. The van der Waals surface area contributed by atoms with Crippen molar-refractivity contribution in [1.29, 1.82) is 0 Å². The summed E-state index contributed by atoms with van der Waals surface area (Å²) in [6, 6.07) is 6.35. The number of ether oxygens (including phenoxy) is 1. The molecule has 2 nitrogen and oxygen atoms in total. The van der Waals surface area contributed by atoms with E-state index in [9.17, 15) is 0 Å². The van der Waals surface area contributed by atoms with Crippen LogP contribution in [-0.2, 0) is 6.42 Å². The van der Waals surface area contributed by atoms with E-state index >= 15 is 0 Å². The number of benzene rings is 1. The van der Waals surface area contributed by atoms with Crippen LogP contribution in [0.3, 0.4) is 0 Å². The highest BCUT2D eigenvalue weighted by Crippen LogP contribution is 2.19. The average Bonchev–Trinajstić information content (AvgIpc) is 2.18. The fourth-order valence-corrected chi connectivity index (χ4v) is 1.57. The molecular formula is C12H19NO. The molecule has 0 spiro atoms. The van der Waals surface area contributed by atoms with Crippen molar-refractivity contribution in [2.45, 2.75) is 26.2 Å². The molecule has 0 aliphatic carbocycles. The minimum atomic E-state index is 0.787. The van der Waals surface area contributed by atoms with Crippen molar-refractivity contribution in [3.8, 4) is 5.75 Å². The molecule has 0 unspecified atom stereocenters. The zero-order valence-electron chi connectivity index (χ0n) is 9.05. The lowest BCUT2D eigenvalue weighted by atomic mass is 10.1. The summed E-state index contributed by atoms with van der Waals surface area (Å²) in [4.78, 5) is 0. The number of hydrogen-bond donors (Lipinski definition) is 1. The van der Waals surface area contributed by atoms with Gasteiger partial charge in [-0.3, -0.25) is 0 Å². The van der Waals surface area contributed by atoms with Gasteiger partial charge in [0.1, 0.15) is 5.75 Å². The van der Waals surface area contributed by atoms with Crippen LogP contribution in [0.25, 0.3) is 0 Å². The van der Waals surface area contributed by atoms with Crippen molar-refractivity contribution in [2.24, 2.45) is 5.73 Å². The molecule has 0 aromatic heterocycles. The molecule has 0 radical (unpaired) electrons. The van der Waals surface area contributed by atoms with E-state index in [1.807, 2.05) is 6.07 Å². The molecule has 0 fully saturated rings. The van der Waals surface area contributed by atoms with E-state index in [1.54, 1.807) is 7.11 Å². The Bertz CT molecular complexity index is 284. The van der Waals surface area contributed by atoms with E-state index in [-0.39, 0.29) is 0 Å². The molecule has 1 rings (SSSR count). The first kappa shape index (κ1) is 11.1. The molecule has 2 heteroatoms. The van der Waals surface area contributed by atoms with E-state index in [1.165, 1.54) is 17.5 Å². The Morgan fingerprint density at radius 3 is 2.64 bits per heavy atom. The molecule has 0 aliphatic rings. The molecule has 0 aliphatic heterocycles. The fourth-order valence-electron chi connectivity index (χ4n) is 1.57. The molecule has 1 aromatic rings. The molecule has 0 heterocycles. The summed E-state index contributed by atoms with van der Waals surface area (Å²) < 4.78 is 5.21. The average molecular weight is 193 g/mol. The van der Waals surface area contributed by atoms with E-state index in [2.05, 4.69) is 19.1 Å². The summed E-state index contributed by atoms with van der Waals surface area (Å²) in [6.45, 7) is 2.86. The minimum Gasteiger partial charge on any atom is -0.496 e. The lowest BCUT2D eigenvalue weighted by Crippen LogP contribution is -1.99. The molecular weight excluding hydrogens is 174 g/mol. The number of aryl methyl sites for hydroxylation is 2. The van der Waals surface area contributed by atoms with Crippen LogP contribution in [0.15, 0.2) is 18.2 Å². The van der Waals surface area contributed by atoms with E-state index in [4.69, 9.17) is 10.5 Å². The summed E-state index contributed by atoms with van der Waals surface area (Å²) in [5.41, 5.74) is 8.03. The van der Waals surface area contributed by atoms with Crippen LogP contribution in [0.5, 0.6) is 5.75 Å². The van der Waals surface area contributed by atoms with Crippen LogP contribution < -0.4 is 10.5 Å². The van der Waals surface area contributed by atoms with Crippen LogP contribution >= 0.6 is 0 Å². The van der Waals surface area contributed by atoms with Crippen molar-refractivity contribution in [1.82, 2.24) is 0 Å². The first-order valence-corrected chi connectivity index (χ1v) is 5.11. The van der Waals surface area contributed by atoms with E-state index < -0.39 is 0 Å². The lowest BCUT2D eigenvalue weighted by molar-refractivity contribution is 0.411. The third-order valence-electron chi connectivity index (χ3n) is 2.38. The molecule has 0 saturated heterocycles. The van der Waals surface area contributed by atoms with Crippen molar-refractivity contribution in [3.05, 3.63) is 29.3 Å². The van der Waals surface area contributed by atoms with Crippen LogP contribution in [0, 0.1) is 6.92 Å². The van der Waals surface area contributed by atoms with Crippen molar-refractivity contribution >= 4 is 0 Å². The van der Waals surface area contributed by atoms with Gasteiger partial charge in [-0.1, -0.05) is 12.1 Å². The van der Waals surface area contributed by atoms with E-state index in [0.29, 0.717) is 0 Å². The third kappa shape index (κ3) is 3.04. The standard InChI is InChI=1S/C12H19NO/c1-10-9-11(5-3-4-8-13)6-7-12(10)14-2/h6-7,9H,3-5,8,13H2,1-2H3. The molecule has 1 aromatic carbocycles. The zero-order chi connectivity index (χ0) is 10.4. The highest BCUT2D eigenvalue weighted by molar-refractivity contribution is 5.36. The largest absolute Gasteiger partial charge is 0.496 e. The second-order valence-electron chi connectivity index (χ2n) is 3.55. The van der Waals surface area contributed by atoms with Crippen molar-refractivity contribution < 1.29 is 4.74 Å². The maximum Gasteiger partial charge on any atom is 0.121 e. The van der Waals surface area contributed by atoms with Gasteiger partial charge >= 0.3 is 0 Å². The monoisotopic (exact) mass is 193 g/mol. The minimum absolute atomic E-state index is 0.787. The maximum atomic E-state index is 5.45. The van der Waals surface area contributed by atoms with Crippen LogP contribution in [0.4, 0.5) is 0 Å². The normalized spacial score (nSPS) is 10.2. The fraction of sp³-hybridized carbons (Fsp3) is 0.500. The Hall–Kier alpha value is -1.02. The van der Waals surface area contributed by atoms with Gasteiger partial charge in [-0.25, -0.2) is 0 Å². The first-order valence-electron chi connectivity index (χ1n) is 5.11. The number of nitrogens with two attached hydrogens (primary N) is 1. The summed E-state index contributed by atoms with van der Waals surface area (Å²) >= 11 is 0. The Morgan fingerprint density at radius 1 is 1.29 bits per heavy atom. The third-order valence-corrected chi connectivity index (χ3v) is 2.38. The predicted molar refractivity (Wildman–Crippen MR) is 59.7 cm³/mol. The van der Waals surface area contributed by atoms with Crippen LogP contribution in [-0.4, -0.2) is 13.7 Å². The van der Waals surface area contributed by atoms with Crippen LogP contribution in [0.2, 0.25) is 0 Å². The Labute approximate surface area is 86.1 Å². The number of unbranched alkanes of at least 4 members (excludes halogenated alkanes) is 1. The molecule has 0 bridgehead atoms. The van der Waals surface area contributed by atoms with Gasteiger partial charge < -0.3 is 10.5 Å². The molecule has 78 valence electrons. The number of hydrogen-bond acceptors (Lipinski definition) is 2. The van der Waals surface area contributed by atoms with Gasteiger partial charge in [0.25, 0.3) is 0 Å². The quantitative estimate of drug-likeness (QED) is 0.728. The van der Waals surface area contributed by atoms with Gasteiger partial charge in [0, 0.05) is 0 Å². The predicted octanol–water partition coefficient (Wildman–Crippen LogP) is 2.29. The van der Waals surface area contributed by atoms with Gasteiger partial charge in [-0.05, 0) is 49.9 Å². The second-order valence-corrected chi connectivity index (χ2v) is 3.55. The zero-order valence-corrected chi connectivity index (χ0v) is 9.05. The topological polar surface area (TPSA) is 35.2 Å². The maximum absolute atomic E-state index is 5.45. The summed E-state index contributed by atoms with van der Waals surface area (Å²) in [5, 5.41) is 0. The highest BCUT2D eigenvalue weighted by atomic mass is 16.5. The van der Waals surface area contributed by atoms with Gasteiger partial charge in [0.05, 0.1) is 7.11 Å². The summed E-state index contributed by atoms with van der Waals surface area (Å²) in [7, 11) is 1.70. The molecule has 0 atom stereocenters. The number of rotatable bonds is 5. The van der Waals surface area contributed by atoms with Crippen LogP contribution in [0.1, 0.15) is 24.0 Å². The first-order chi connectivity index (χ1) is 6.77. The second kappa shape index (κ2) is 5.66. The summed E-state index contributed by atoms with van der Waals surface area (Å²) in [6.07, 6.45) is 3.38. The molecule has 0 saturated carbocycles.